The molecule has 26 heavy (non-hydrogen) atoms. The quantitative estimate of drug-likeness (QED) is 0.597. The third-order valence-electron chi connectivity index (χ3n) is 3.63. The fourth-order valence-electron chi connectivity index (χ4n) is 2.39. The van der Waals surface area contributed by atoms with Crippen LogP contribution >= 0.6 is 60.2 Å². The summed E-state index contributed by atoms with van der Waals surface area (Å²) in [6.07, 6.45) is 3.38. The first-order valence-electron chi connectivity index (χ1n) is 7.00. The van der Waals surface area contributed by atoms with Gasteiger partial charge in [0.25, 0.3) is 5.91 Å². The number of aromatic nitrogens is 2. The van der Waals surface area contributed by atoms with Crippen molar-refractivity contribution in [2.24, 2.45) is 0 Å². The summed E-state index contributed by atoms with van der Waals surface area (Å²) in [5.41, 5.74) is 9.17. The van der Waals surface area contributed by atoms with Gasteiger partial charge in [-0.3, -0.25) is 9.78 Å². The molecule has 3 aromatic rings. The molecule has 0 fully saturated rings. The van der Waals surface area contributed by atoms with Gasteiger partial charge in [0.1, 0.15) is 9.71 Å². The Morgan fingerprint density at radius 1 is 1.23 bits per heavy atom. The number of fused-ring (bicyclic) bond motifs is 1. The second-order valence-electron chi connectivity index (χ2n) is 5.20. The highest BCUT2D eigenvalue weighted by molar-refractivity contribution is 7.21. The maximum absolute atomic E-state index is 12.4. The van der Waals surface area contributed by atoms with Crippen LogP contribution in [0.2, 0.25) is 5.02 Å². The molecule has 0 aliphatic carbocycles. The number of anilines is 1. The highest BCUT2D eigenvalue weighted by Crippen LogP contribution is 2.38. The first-order chi connectivity index (χ1) is 11.0. The molecule has 1 amide bonds. The maximum atomic E-state index is 12.4. The molecule has 0 atom stereocenters. The molecular formula is C16H18Cl4N4OS. The molecule has 3 aromatic heterocycles. The van der Waals surface area contributed by atoms with Crippen LogP contribution in [-0.2, 0) is 6.54 Å². The number of rotatable bonds is 3. The van der Waals surface area contributed by atoms with E-state index in [0.717, 1.165) is 27.0 Å². The van der Waals surface area contributed by atoms with Crippen molar-refractivity contribution in [2.45, 2.75) is 20.4 Å². The number of hydrogen-bond acceptors (Lipinski definition) is 5. The standard InChI is InChI=1S/C16H15ClN4OS.3ClH/c1-8-11-13(18)14(23-16(11)21-9(2)12(8)17)15(22)20-7-10-3-5-19-6-4-10;;;/h3-6H,7,18H2,1-2H3,(H,20,22);3*1H. The average molecular weight is 456 g/mol. The number of pyridine rings is 2. The van der Waals surface area contributed by atoms with Crippen molar-refractivity contribution in [3.05, 3.63) is 51.2 Å². The lowest BCUT2D eigenvalue weighted by Gasteiger charge is -2.05. The summed E-state index contributed by atoms with van der Waals surface area (Å²) < 4.78 is 0. The lowest BCUT2D eigenvalue weighted by atomic mass is 10.1. The van der Waals surface area contributed by atoms with Gasteiger partial charge in [0.2, 0.25) is 0 Å². The predicted molar refractivity (Wildman–Crippen MR) is 116 cm³/mol. The highest BCUT2D eigenvalue weighted by atomic mass is 35.5. The first-order valence-corrected chi connectivity index (χ1v) is 8.20. The molecule has 3 heterocycles. The molecule has 0 aromatic carbocycles. The van der Waals surface area contributed by atoms with Crippen LogP contribution in [0, 0.1) is 13.8 Å². The number of nitrogens with zero attached hydrogens (tertiary/aromatic N) is 2. The van der Waals surface area contributed by atoms with Crippen LogP contribution in [0.4, 0.5) is 5.69 Å². The molecule has 10 heteroatoms. The Kier molecular flexibility index (Phi) is 9.62. The first kappa shape index (κ1) is 24.7. The van der Waals surface area contributed by atoms with E-state index in [0.29, 0.717) is 22.1 Å². The van der Waals surface area contributed by atoms with E-state index in [1.165, 1.54) is 11.3 Å². The topological polar surface area (TPSA) is 80.9 Å². The summed E-state index contributed by atoms with van der Waals surface area (Å²) in [7, 11) is 0. The number of amides is 1. The van der Waals surface area contributed by atoms with Crippen LogP contribution in [0.1, 0.15) is 26.5 Å². The number of aryl methyl sites for hydroxylation is 2. The van der Waals surface area contributed by atoms with Crippen LogP contribution in [0.3, 0.4) is 0 Å². The summed E-state index contributed by atoms with van der Waals surface area (Å²) in [4.78, 5) is 22.0. The SMILES string of the molecule is Cc1nc2sc(C(=O)NCc3ccncc3)c(N)c2c(C)c1Cl.Cl.Cl.Cl. The predicted octanol–water partition coefficient (Wildman–Crippen LogP) is 4.74. The Bertz CT molecular complexity index is 902. The fraction of sp³-hybridized carbons (Fsp3) is 0.188. The summed E-state index contributed by atoms with van der Waals surface area (Å²) in [6, 6.07) is 3.70. The monoisotopic (exact) mass is 454 g/mol. The van der Waals surface area contributed by atoms with Crippen LogP contribution in [0.15, 0.2) is 24.5 Å². The van der Waals surface area contributed by atoms with Crippen LogP contribution < -0.4 is 11.1 Å². The van der Waals surface area contributed by atoms with Crippen LogP contribution in [0.25, 0.3) is 10.2 Å². The van der Waals surface area contributed by atoms with Gasteiger partial charge in [-0.2, -0.15) is 0 Å². The minimum atomic E-state index is -0.213. The Balaban J connectivity index is 0.00000208. The van der Waals surface area contributed by atoms with Crippen molar-refractivity contribution >= 4 is 82.0 Å². The number of hydrogen-bond donors (Lipinski definition) is 2. The van der Waals surface area contributed by atoms with Crippen molar-refractivity contribution in [3.8, 4) is 0 Å². The number of carbonyl (C=O) groups excluding carboxylic acids is 1. The number of nitrogens with one attached hydrogen (secondary N) is 1. The largest absolute Gasteiger partial charge is 0.397 e. The van der Waals surface area contributed by atoms with Gasteiger partial charge in [-0.05, 0) is 37.1 Å². The third kappa shape index (κ3) is 4.69. The lowest BCUT2D eigenvalue weighted by molar-refractivity contribution is 0.0956. The van der Waals surface area contributed by atoms with Gasteiger partial charge in [-0.1, -0.05) is 11.6 Å². The van der Waals surface area contributed by atoms with E-state index in [2.05, 4.69) is 15.3 Å². The van der Waals surface area contributed by atoms with Crippen LogP contribution in [0.5, 0.6) is 0 Å². The van der Waals surface area contributed by atoms with E-state index in [9.17, 15) is 4.79 Å². The Morgan fingerprint density at radius 2 is 1.85 bits per heavy atom. The fourth-order valence-corrected chi connectivity index (χ4v) is 3.64. The second kappa shape index (κ2) is 10.1. The molecule has 0 saturated carbocycles. The van der Waals surface area contributed by atoms with Gasteiger partial charge < -0.3 is 11.1 Å². The van der Waals surface area contributed by atoms with E-state index in [4.69, 9.17) is 17.3 Å². The zero-order valence-corrected chi connectivity index (χ0v) is 17.9. The van der Waals surface area contributed by atoms with E-state index in [-0.39, 0.29) is 43.1 Å². The molecule has 0 aliphatic rings. The molecule has 0 unspecified atom stereocenters. The Hall–Kier alpha value is -1.31. The minimum absolute atomic E-state index is 0. The van der Waals surface area contributed by atoms with Crippen molar-refractivity contribution < 1.29 is 4.79 Å². The lowest BCUT2D eigenvalue weighted by Crippen LogP contribution is -2.22. The van der Waals surface area contributed by atoms with Crippen molar-refractivity contribution in [2.75, 3.05) is 5.73 Å². The summed E-state index contributed by atoms with van der Waals surface area (Å²) in [5.74, 6) is -0.213. The number of carbonyl (C=O) groups is 1. The van der Waals surface area contributed by atoms with E-state index in [1.54, 1.807) is 12.4 Å². The van der Waals surface area contributed by atoms with E-state index >= 15 is 0 Å². The van der Waals surface area contributed by atoms with Gasteiger partial charge in [0.05, 0.1) is 16.4 Å². The minimum Gasteiger partial charge on any atom is -0.397 e. The summed E-state index contributed by atoms with van der Waals surface area (Å²) in [5, 5.41) is 4.22. The summed E-state index contributed by atoms with van der Waals surface area (Å²) >= 11 is 7.52. The average Bonchev–Trinajstić information content (AvgIpc) is 2.88. The molecule has 142 valence electrons. The maximum Gasteiger partial charge on any atom is 0.263 e. The molecule has 0 radical (unpaired) electrons. The number of nitrogens with two attached hydrogens (primary N) is 1. The molecular weight excluding hydrogens is 438 g/mol. The van der Waals surface area contributed by atoms with Crippen LogP contribution in [-0.4, -0.2) is 15.9 Å². The second-order valence-corrected chi connectivity index (χ2v) is 6.58. The van der Waals surface area contributed by atoms with Gasteiger partial charge in [0.15, 0.2) is 0 Å². The number of thiophene rings is 1. The van der Waals surface area contributed by atoms with Gasteiger partial charge in [0, 0.05) is 24.3 Å². The third-order valence-corrected chi connectivity index (χ3v) is 5.28. The molecule has 0 aliphatic heterocycles. The Labute approximate surface area is 179 Å². The van der Waals surface area contributed by atoms with Crippen molar-refractivity contribution in [1.82, 2.24) is 15.3 Å². The molecule has 0 saturated heterocycles. The molecule has 3 rings (SSSR count). The highest BCUT2D eigenvalue weighted by Gasteiger charge is 2.20. The van der Waals surface area contributed by atoms with Crippen molar-refractivity contribution in [3.63, 3.8) is 0 Å². The molecule has 0 spiro atoms. The van der Waals surface area contributed by atoms with E-state index < -0.39 is 0 Å². The van der Waals surface area contributed by atoms with E-state index in [1.807, 2.05) is 26.0 Å². The van der Waals surface area contributed by atoms with Gasteiger partial charge in [-0.25, -0.2) is 4.98 Å². The van der Waals surface area contributed by atoms with Crippen molar-refractivity contribution in [1.29, 1.82) is 0 Å². The smallest absolute Gasteiger partial charge is 0.263 e. The molecule has 5 nitrogen and oxygen atoms in total. The van der Waals surface area contributed by atoms with Gasteiger partial charge >= 0.3 is 0 Å². The normalized spacial score (nSPS) is 9.65. The molecule has 3 N–H and O–H groups in total. The van der Waals surface area contributed by atoms with Gasteiger partial charge in [-0.15, -0.1) is 48.6 Å². The zero-order chi connectivity index (χ0) is 16.6. The zero-order valence-electron chi connectivity index (χ0n) is 13.9. The molecule has 0 bridgehead atoms. The number of halogens is 4. The number of nitrogen functional groups attached to an aromatic ring is 1. The summed E-state index contributed by atoms with van der Waals surface area (Å²) in [6.45, 7) is 4.15. The Morgan fingerprint density at radius 3 is 2.46 bits per heavy atom.